The Morgan fingerprint density at radius 2 is 1.61 bits per heavy atom. The zero-order chi connectivity index (χ0) is 23.4. The predicted octanol–water partition coefficient (Wildman–Crippen LogP) is 2.77. The van der Waals surface area contributed by atoms with Crippen molar-refractivity contribution >= 4 is 11.8 Å². The number of nitrogens with zero attached hydrogens (tertiary/aromatic N) is 2. The van der Waals surface area contributed by atoms with Crippen LogP contribution in [0.25, 0.3) is 0 Å². The second-order valence-electron chi connectivity index (χ2n) is 8.99. The average molecular weight is 452 g/mol. The summed E-state index contributed by atoms with van der Waals surface area (Å²) >= 11 is 0. The molecule has 1 N–H and O–H groups in total. The summed E-state index contributed by atoms with van der Waals surface area (Å²) in [5, 5.41) is 3.17. The third-order valence-corrected chi connectivity index (χ3v) is 6.91. The zero-order valence-electron chi connectivity index (χ0n) is 19.6. The van der Waals surface area contributed by atoms with Crippen molar-refractivity contribution in [3.8, 4) is 11.5 Å². The molecule has 2 aromatic rings. The van der Waals surface area contributed by atoms with E-state index in [0.29, 0.717) is 17.7 Å². The fourth-order valence-electron chi connectivity index (χ4n) is 4.94. The maximum Gasteiger partial charge on any atom is 0.251 e. The van der Waals surface area contributed by atoms with E-state index in [0.717, 1.165) is 43.9 Å². The summed E-state index contributed by atoms with van der Waals surface area (Å²) in [6.07, 6.45) is 1.36. The van der Waals surface area contributed by atoms with Gasteiger partial charge in [0.15, 0.2) is 0 Å². The maximum atomic E-state index is 13.6. The zero-order valence-corrected chi connectivity index (χ0v) is 19.6. The normalized spacial score (nSPS) is 23.2. The fourth-order valence-corrected chi connectivity index (χ4v) is 4.94. The minimum atomic E-state index is -0.155. The van der Waals surface area contributed by atoms with Crippen molar-refractivity contribution in [2.45, 2.75) is 24.8 Å². The molecular formula is C26H33N3O4. The number of carbonyl (C=O) groups excluding carboxylic acids is 2. The summed E-state index contributed by atoms with van der Waals surface area (Å²) in [6, 6.07) is 15.0. The van der Waals surface area contributed by atoms with Gasteiger partial charge in [0.1, 0.15) is 11.5 Å². The van der Waals surface area contributed by atoms with E-state index < -0.39 is 0 Å². The Kier molecular flexibility index (Phi) is 7.18. The van der Waals surface area contributed by atoms with Crippen molar-refractivity contribution in [3.63, 3.8) is 0 Å². The first-order valence-electron chi connectivity index (χ1n) is 11.5. The number of amides is 2. The molecule has 176 valence electrons. The standard InChI is InChI=1S/C26H33N3O4/c1-28-11-13-29(14-12-28)26(31)24-17-20(16-23(24)18-7-9-21(32-2)10-8-18)27-25(30)19-5-4-6-22(15-19)33-3/h4-10,15,20,23-24H,11-14,16-17H2,1-3H3,(H,27,30)/t20-,23+,24-/m0/s1. The molecule has 1 saturated heterocycles. The summed E-state index contributed by atoms with van der Waals surface area (Å²) in [5.74, 6) is 1.40. The number of hydrogen-bond donors (Lipinski definition) is 1. The molecule has 1 heterocycles. The Bertz CT molecular complexity index is 970. The fraction of sp³-hybridized carbons (Fsp3) is 0.462. The molecule has 7 nitrogen and oxygen atoms in total. The highest BCUT2D eigenvalue weighted by molar-refractivity contribution is 5.95. The molecule has 2 amide bonds. The third kappa shape index (κ3) is 5.30. The highest BCUT2D eigenvalue weighted by atomic mass is 16.5. The van der Waals surface area contributed by atoms with Crippen LogP contribution in [0, 0.1) is 5.92 Å². The molecule has 2 aromatic carbocycles. The number of rotatable bonds is 6. The van der Waals surface area contributed by atoms with Crippen LogP contribution in [0.3, 0.4) is 0 Å². The number of ether oxygens (including phenoxy) is 2. The molecule has 4 rings (SSSR count). The molecule has 0 aromatic heterocycles. The topological polar surface area (TPSA) is 71.1 Å². The molecule has 1 aliphatic heterocycles. The number of likely N-dealkylation sites (N-methyl/N-ethyl adjacent to an activating group) is 1. The number of hydrogen-bond acceptors (Lipinski definition) is 5. The first kappa shape index (κ1) is 23.1. The van der Waals surface area contributed by atoms with Gasteiger partial charge in [0.25, 0.3) is 5.91 Å². The first-order chi connectivity index (χ1) is 16.0. The van der Waals surface area contributed by atoms with Crippen LogP contribution in [-0.4, -0.2) is 75.1 Å². The lowest BCUT2D eigenvalue weighted by molar-refractivity contribution is -0.137. The van der Waals surface area contributed by atoms with Gasteiger partial charge in [-0.2, -0.15) is 0 Å². The summed E-state index contributed by atoms with van der Waals surface area (Å²) in [5.41, 5.74) is 1.67. The van der Waals surface area contributed by atoms with Crippen molar-refractivity contribution in [2.24, 2.45) is 5.92 Å². The molecule has 33 heavy (non-hydrogen) atoms. The maximum absolute atomic E-state index is 13.6. The van der Waals surface area contributed by atoms with Gasteiger partial charge in [-0.05, 0) is 61.7 Å². The lowest BCUT2D eigenvalue weighted by atomic mass is 9.87. The van der Waals surface area contributed by atoms with E-state index in [-0.39, 0.29) is 29.7 Å². The Balaban J connectivity index is 1.52. The number of methoxy groups -OCH3 is 2. The summed E-state index contributed by atoms with van der Waals surface area (Å²) in [4.78, 5) is 30.7. The number of carbonyl (C=O) groups is 2. The Hall–Kier alpha value is -3.06. The molecule has 2 aliphatic rings. The van der Waals surface area contributed by atoms with E-state index in [9.17, 15) is 9.59 Å². The van der Waals surface area contributed by atoms with Crippen molar-refractivity contribution in [1.82, 2.24) is 15.1 Å². The average Bonchev–Trinajstić information content (AvgIpc) is 3.27. The van der Waals surface area contributed by atoms with Crippen LogP contribution in [0.2, 0.25) is 0 Å². The highest BCUT2D eigenvalue weighted by Gasteiger charge is 2.42. The summed E-state index contributed by atoms with van der Waals surface area (Å²) in [7, 11) is 5.32. The van der Waals surface area contributed by atoms with E-state index in [1.165, 1.54) is 0 Å². The quantitative estimate of drug-likeness (QED) is 0.731. The van der Waals surface area contributed by atoms with E-state index in [1.54, 1.807) is 26.4 Å². The van der Waals surface area contributed by atoms with Crippen LogP contribution < -0.4 is 14.8 Å². The molecule has 2 fully saturated rings. The van der Waals surface area contributed by atoms with Crippen molar-refractivity contribution in [1.29, 1.82) is 0 Å². The van der Waals surface area contributed by atoms with Crippen LogP contribution in [0.5, 0.6) is 11.5 Å². The van der Waals surface area contributed by atoms with Gasteiger partial charge in [-0.1, -0.05) is 18.2 Å². The lowest BCUT2D eigenvalue weighted by Crippen LogP contribution is -2.49. The van der Waals surface area contributed by atoms with Gasteiger partial charge in [-0.3, -0.25) is 9.59 Å². The predicted molar refractivity (Wildman–Crippen MR) is 127 cm³/mol. The molecule has 1 aliphatic carbocycles. The van der Waals surface area contributed by atoms with Gasteiger partial charge in [0.05, 0.1) is 14.2 Å². The van der Waals surface area contributed by atoms with Crippen molar-refractivity contribution < 1.29 is 19.1 Å². The Morgan fingerprint density at radius 1 is 0.909 bits per heavy atom. The third-order valence-electron chi connectivity index (χ3n) is 6.91. The molecule has 0 radical (unpaired) electrons. The lowest BCUT2D eigenvalue weighted by Gasteiger charge is -2.35. The number of piperazine rings is 1. The SMILES string of the molecule is COc1ccc([C@H]2C[C@H](NC(=O)c3cccc(OC)c3)C[C@@H]2C(=O)N2CCN(C)CC2)cc1. The number of nitrogens with one attached hydrogen (secondary N) is 1. The molecule has 7 heteroatoms. The second-order valence-corrected chi connectivity index (χ2v) is 8.99. The van der Waals surface area contributed by atoms with Gasteiger partial charge < -0.3 is 24.6 Å². The minimum Gasteiger partial charge on any atom is -0.497 e. The van der Waals surface area contributed by atoms with E-state index >= 15 is 0 Å². The van der Waals surface area contributed by atoms with E-state index in [1.807, 2.05) is 41.3 Å². The smallest absolute Gasteiger partial charge is 0.251 e. The van der Waals surface area contributed by atoms with Crippen molar-refractivity contribution in [2.75, 3.05) is 47.4 Å². The molecule has 0 bridgehead atoms. The van der Waals surface area contributed by atoms with Crippen LogP contribution in [0.1, 0.15) is 34.7 Å². The van der Waals surface area contributed by atoms with E-state index in [4.69, 9.17) is 9.47 Å². The van der Waals surface area contributed by atoms with Gasteiger partial charge >= 0.3 is 0 Å². The van der Waals surface area contributed by atoms with Gasteiger partial charge in [0, 0.05) is 43.7 Å². The van der Waals surface area contributed by atoms with Crippen molar-refractivity contribution in [3.05, 3.63) is 59.7 Å². The molecule has 0 unspecified atom stereocenters. The summed E-state index contributed by atoms with van der Waals surface area (Å²) in [6.45, 7) is 3.29. The molecule has 3 atom stereocenters. The van der Waals surface area contributed by atoms with Crippen LogP contribution in [-0.2, 0) is 4.79 Å². The first-order valence-corrected chi connectivity index (χ1v) is 11.5. The second kappa shape index (κ2) is 10.3. The Morgan fingerprint density at radius 3 is 2.27 bits per heavy atom. The number of benzene rings is 2. The Labute approximate surface area is 195 Å². The van der Waals surface area contributed by atoms with Crippen LogP contribution in [0.15, 0.2) is 48.5 Å². The molecule has 0 spiro atoms. The molecule has 1 saturated carbocycles. The summed E-state index contributed by atoms with van der Waals surface area (Å²) < 4.78 is 10.6. The largest absolute Gasteiger partial charge is 0.497 e. The monoisotopic (exact) mass is 451 g/mol. The van der Waals surface area contributed by atoms with Crippen LogP contribution >= 0.6 is 0 Å². The minimum absolute atomic E-state index is 0.0543. The van der Waals surface area contributed by atoms with Gasteiger partial charge in [-0.15, -0.1) is 0 Å². The van der Waals surface area contributed by atoms with E-state index in [2.05, 4.69) is 17.3 Å². The highest BCUT2D eigenvalue weighted by Crippen LogP contribution is 2.41. The molecular weight excluding hydrogens is 418 g/mol. The van der Waals surface area contributed by atoms with Gasteiger partial charge in [-0.25, -0.2) is 0 Å². The van der Waals surface area contributed by atoms with Crippen LogP contribution in [0.4, 0.5) is 0 Å². The van der Waals surface area contributed by atoms with Gasteiger partial charge in [0.2, 0.25) is 5.91 Å².